The molecule has 2 saturated heterocycles. The zero-order valence-electron chi connectivity index (χ0n) is 17.9. The maximum atomic E-state index is 13.2. The minimum atomic E-state index is -0.344. The number of halogens is 1. The van der Waals surface area contributed by atoms with Crippen LogP contribution in [0, 0.1) is 5.82 Å². The van der Waals surface area contributed by atoms with Gasteiger partial charge in [0, 0.05) is 42.3 Å². The number of nitrogens with zero attached hydrogens (tertiary/aromatic N) is 1. The lowest BCUT2D eigenvalue weighted by atomic mass is 9.85. The molecular weight excluding hydrogens is 411 g/mol. The standard InChI is InChI=1S/C25H29FN2O2S/c1-31-22-8-2-18(3-9-22)16-25(13-10-23(29)27-25)14-11-24(30)28-15-12-20(17-28)19-4-6-21(26)7-5-19/h2-9,20H,10-17H2,1H3,(H,27,29). The number of likely N-dealkylation sites (tertiary alicyclic amines) is 1. The van der Waals surface area contributed by atoms with Gasteiger partial charge in [0.15, 0.2) is 0 Å². The van der Waals surface area contributed by atoms with E-state index in [1.54, 1.807) is 11.8 Å². The summed E-state index contributed by atoms with van der Waals surface area (Å²) in [7, 11) is 0. The normalized spacial score (nSPS) is 23.2. The molecule has 2 heterocycles. The Morgan fingerprint density at radius 1 is 1.19 bits per heavy atom. The third-order valence-corrected chi connectivity index (χ3v) is 7.38. The van der Waals surface area contributed by atoms with Crippen LogP contribution in [0.5, 0.6) is 0 Å². The molecule has 0 saturated carbocycles. The fourth-order valence-electron chi connectivity index (χ4n) is 4.81. The van der Waals surface area contributed by atoms with Gasteiger partial charge in [-0.05, 0) is 67.3 Å². The molecule has 0 bridgehead atoms. The molecule has 2 amide bonds. The number of carbonyl (C=O) groups is 2. The Morgan fingerprint density at radius 2 is 1.94 bits per heavy atom. The highest BCUT2D eigenvalue weighted by Crippen LogP contribution is 2.32. The minimum absolute atomic E-state index is 0.0747. The van der Waals surface area contributed by atoms with Crippen LogP contribution in [-0.2, 0) is 16.0 Å². The van der Waals surface area contributed by atoms with Crippen molar-refractivity contribution in [2.24, 2.45) is 0 Å². The summed E-state index contributed by atoms with van der Waals surface area (Å²) >= 11 is 1.71. The number of hydrogen-bond donors (Lipinski definition) is 1. The van der Waals surface area contributed by atoms with Crippen molar-refractivity contribution in [2.45, 2.75) is 54.9 Å². The Labute approximate surface area is 187 Å². The van der Waals surface area contributed by atoms with Crippen molar-refractivity contribution in [3.63, 3.8) is 0 Å². The third kappa shape index (κ3) is 5.29. The summed E-state index contributed by atoms with van der Waals surface area (Å²) in [6, 6.07) is 15.1. The fourth-order valence-corrected chi connectivity index (χ4v) is 5.22. The summed E-state index contributed by atoms with van der Waals surface area (Å²) in [5.41, 5.74) is 1.93. The predicted octanol–water partition coefficient (Wildman–Crippen LogP) is 4.54. The molecule has 2 fully saturated rings. The average molecular weight is 441 g/mol. The number of benzene rings is 2. The summed E-state index contributed by atoms with van der Waals surface area (Å²) < 4.78 is 13.2. The molecule has 2 aliphatic heterocycles. The number of thioether (sulfide) groups is 1. The number of amides is 2. The van der Waals surface area contributed by atoms with Gasteiger partial charge in [0.05, 0.1) is 0 Å². The van der Waals surface area contributed by atoms with E-state index in [1.807, 2.05) is 17.0 Å². The second-order valence-corrected chi connectivity index (χ2v) is 9.61. The number of nitrogens with one attached hydrogen (secondary N) is 1. The van der Waals surface area contributed by atoms with E-state index < -0.39 is 0 Å². The van der Waals surface area contributed by atoms with Gasteiger partial charge in [0.25, 0.3) is 0 Å². The van der Waals surface area contributed by atoms with Crippen LogP contribution in [0.4, 0.5) is 4.39 Å². The predicted molar refractivity (Wildman–Crippen MR) is 122 cm³/mol. The average Bonchev–Trinajstić information content (AvgIpc) is 3.41. The summed E-state index contributed by atoms with van der Waals surface area (Å²) in [5, 5.41) is 3.18. The van der Waals surface area contributed by atoms with Gasteiger partial charge in [-0.1, -0.05) is 24.3 Å². The van der Waals surface area contributed by atoms with Crippen LogP contribution in [0.1, 0.15) is 49.1 Å². The number of rotatable bonds is 7. The van der Waals surface area contributed by atoms with E-state index >= 15 is 0 Å². The van der Waals surface area contributed by atoms with Crippen LogP contribution >= 0.6 is 11.8 Å². The first-order valence-corrected chi connectivity index (χ1v) is 12.2. The van der Waals surface area contributed by atoms with Crippen molar-refractivity contribution < 1.29 is 14.0 Å². The molecule has 164 valence electrons. The van der Waals surface area contributed by atoms with E-state index in [-0.39, 0.29) is 29.1 Å². The monoisotopic (exact) mass is 440 g/mol. The van der Waals surface area contributed by atoms with Crippen molar-refractivity contribution in [2.75, 3.05) is 19.3 Å². The van der Waals surface area contributed by atoms with Crippen LogP contribution in [0.15, 0.2) is 53.4 Å². The first-order chi connectivity index (χ1) is 15.0. The molecule has 2 aromatic carbocycles. The molecule has 2 aliphatic rings. The van der Waals surface area contributed by atoms with Gasteiger partial charge in [0.2, 0.25) is 11.8 Å². The van der Waals surface area contributed by atoms with Gasteiger partial charge >= 0.3 is 0 Å². The Morgan fingerprint density at radius 3 is 2.58 bits per heavy atom. The molecule has 0 aromatic heterocycles. The Kier molecular flexibility index (Phi) is 6.65. The molecule has 2 atom stereocenters. The lowest BCUT2D eigenvalue weighted by Gasteiger charge is -2.30. The van der Waals surface area contributed by atoms with Crippen LogP contribution in [0.25, 0.3) is 0 Å². The number of hydrogen-bond acceptors (Lipinski definition) is 3. The zero-order chi connectivity index (χ0) is 21.8. The van der Waals surface area contributed by atoms with Gasteiger partial charge in [-0.3, -0.25) is 9.59 Å². The molecule has 4 rings (SSSR count). The van der Waals surface area contributed by atoms with E-state index in [1.165, 1.54) is 22.6 Å². The maximum absolute atomic E-state index is 13.2. The molecule has 0 radical (unpaired) electrons. The molecule has 6 heteroatoms. The zero-order valence-corrected chi connectivity index (χ0v) is 18.7. The Bertz CT molecular complexity index is 932. The molecule has 4 nitrogen and oxygen atoms in total. The first-order valence-electron chi connectivity index (χ1n) is 10.9. The molecule has 1 N–H and O–H groups in total. The smallest absolute Gasteiger partial charge is 0.222 e. The van der Waals surface area contributed by atoms with Gasteiger partial charge in [0.1, 0.15) is 5.82 Å². The summed E-state index contributed by atoms with van der Waals surface area (Å²) in [5.74, 6) is 0.245. The molecular formula is C25H29FN2O2S. The van der Waals surface area contributed by atoms with Crippen LogP contribution in [0.2, 0.25) is 0 Å². The molecule has 2 aromatic rings. The fraction of sp³-hybridized carbons (Fsp3) is 0.440. The lowest BCUT2D eigenvalue weighted by molar-refractivity contribution is -0.131. The van der Waals surface area contributed by atoms with E-state index in [2.05, 4.69) is 35.8 Å². The molecule has 0 spiro atoms. The highest BCUT2D eigenvalue weighted by atomic mass is 32.2. The van der Waals surface area contributed by atoms with Crippen molar-refractivity contribution in [1.29, 1.82) is 0 Å². The summed E-state index contributed by atoms with van der Waals surface area (Å²) in [4.78, 5) is 28.1. The van der Waals surface area contributed by atoms with Gasteiger partial charge in [-0.25, -0.2) is 4.39 Å². The largest absolute Gasteiger partial charge is 0.350 e. The van der Waals surface area contributed by atoms with Gasteiger partial charge < -0.3 is 10.2 Å². The van der Waals surface area contributed by atoms with E-state index in [0.717, 1.165) is 31.4 Å². The van der Waals surface area contributed by atoms with Gasteiger partial charge in [-0.15, -0.1) is 11.8 Å². The van der Waals surface area contributed by atoms with Crippen LogP contribution in [0.3, 0.4) is 0 Å². The Hall–Kier alpha value is -2.34. The number of carbonyl (C=O) groups excluding carboxylic acids is 2. The Balaban J connectivity index is 1.36. The molecule has 31 heavy (non-hydrogen) atoms. The SMILES string of the molecule is CSc1ccc(CC2(CCC(=O)N3CCC(c4ccc(F)cc4)C3)CCC(=O)N2)cc1. The van der Waals surface area contributed by atoms with E-state index in [0.29, 0.717) is 25.8 Å². The molecule has 2 unspecified atom stereocenters. The highest BCUT2D eigenvalue weighted by molar-refractivity contribution is 7.98. The van der Waals surface area contributed by atoms with Crippen molar-refractivity contribution in [3.8, 4) is 0 Å². The van der Waals surface area contributed by atoms with Crippen molar-refractivity contribution in [1.82, 2.24) is 10.2 Å². The van der Waals surface area contributed by atoms with E-state index in [9.17, 15) is 14.0 Å². The van der Waals surface area contributed by atoms with Crippen molar-refractivity contribution >= 4 is 23.6 Å². The topological polar surface area (TPSA) is 49.4 Å². The molecule has 0 aliphatic carbocycles. The second kappa shape index (κ2) is 9.43. The lowest BCUT2D eigenvalue weighted by Crippen LogP contribution is -2.44. The summed E-state index contributed by atoms with van der Waals surface area (Å²) in [6.07, 6.45) is 6.08. The van der Waals surface area contributed by atoms with Crippen molar-refractivity contribution in [3.05, 3.63) is 65.5 Å². The van der Waals surface area contributed by atoms with Crippen LogP contribution in [-0.4, -0.2) is 41.6 Å². The maximum Gasteiger partial charge on any atom is 0.222 e. The minimum Gasteiger partial charge on any atom is -0.350 e. The van der Waals surface area contributed by atoms with Crippen LogP contribution < -0.4 is 5.32 Å². The summed E-state index contributed by atoms with van der Waals surface area (Å²) in [6.45, 7) is 1.41. The highest BCUT2D eigenvalue weighted by Gasteiger charge is 2.38. The van der Waals surface area contributed by atoms with E-state index in [4.69, 9.17) is 0 Å². The third-order valence-electron chi connectivity index (χ3n) is 6.64. The second-order valence-electron chi connectivity index (χ2n) is 8.73. The quantitative estimate of drug-likeness (QED) is 0.644. The van der Waals surface area contributed by atoms with Gasteiger partial charge in [-0.2, -0.15) is 0 Å². The first kappa shape index (κ1) is 21.9.